The Hall–Kier alpha value is -2.53. The third kappa shape index (κ3) is 3.21. The van der Waals surface area contributed by atoms with Gasteiger partial charge in [0.1, 0.15) is 5.75 Å². The molecule has 0 spiro atoms. The van der Waals surface area contributed by atoms with E-state index in [0.717, 1.165) is 5.56 Å². The molecule has 1 aliphatic heterocycles. The number of halogens is 1. The summed E-state index contributed by atoms with van der Waals surface area (Å²) in [6.45, 7) is 1.91. The quantitative estimate of drug-likeness (QED) is 0.927. The molecule has 3 rings (SSSR count). The second-order valence-corrected chi connectivity index (χ2v) is 6.13. The average molecular weight is 345 g/mol. The molecule has 0 radical (unpaired) electrons. The maximum absolute atomic E-state index is 12.7. The lowest BCUT2D eigenvalue weighted by atomic mass is 10.1. The molecule has 2 aromatic rings. The van der Waals surface area contributed by atoms with Crippen LogP contribution in [-0.4, -0.2) is 30.4 Å². The molecule has 2 aromatic carbocycles. The first-order valence-corrected chi connectivity index (χ1v) is 7.93. The summed E-state index contributed by atoms with van der Waals surface area (Å²) >= 11 is 5.91. The molecule has 5 nitrogen and oxygen atoms in total. The Morgan fingerprint density at radius 1 is 1.25 bits per heavy atom. The van der Waals surface area contributed by atoms with Gasteiger partial charge in [-0.05, 0) is 42.8 Å². The van der Waals surface area contributed by atoms with Crippen LogP contribution in [0.2, 0.25) is 5.02 Å². The highest BCUT2D eigenvalue weighted by Gasteiger charge is 2.22. The molecular formula is C18H17ClN2O3. The fraction of sp³-hybridized carbons (Fsp3) is 0.222. The number of hydrogen-bond acceptors (Lipinski definition) is 3. The van der Waals surface area contributed by atoms with Gasteiger partial charge in [0.25, 0.3) is 11.8 Å². The highest BCUT2D eigenvalue weighted by Crippen LogP contribution is 2.30. The van der Waals surface area contributed by atoms with Crippen LogP contribution in [0.25, 0.3) is 0 Å². The van der Waals surface area contributed by atoms with Gasteiger partial charge in [-0.25, -0.2) is 0 Å². The van der Waals surface area contributed by atoms with E-state index in [1.807, 2.05) is 19.1 Å². The number of nitrogens with zero attached hydrogens (tertiary/aromatic N) is 1. The molecule has 0 fully saturated rings. The van der Waals surface area contributed by atoms with E-state index in [1.54, 1.807) is 42.3 Å². The number of hydrogen-bond donors (Lipinski definition) is 1. The lowest BCUT2D eigenvalue weighted by Gasteiger charge is -2.26. The highest BCUT2D eigenvalue weighted by atomic mass is 35.5. The molecule has 6 heteroatoms. The number of carbonyl (C=O) groups excluding carboxylic acids is 2. The molecule has 1 atom stereocenters. The van der Waals surface area contributed by atoms with E-state index in [0.29, 0.717) is 22.0 Å². The predicted molar refractivity (Wildman–Crippen MR) is 92.5 cm³/mol. The van der Waals surface area contributed by atoms with E-state index < -0.39 is 0 Å². The van der Waals surface area contributed by atoms with Crippen LogP contribution >= 0.6 is 11.6 Å². The van der Waals surface area contributed by atoms with E-state index in [2.05, 4.69) is 5.32 Å². The summed E-state index contributed by atoms with van der Waals surface area (Å²) in [5.41, 5.74) is 2.08. The Morgan fingerprint density at radius 3 is 2.67 bits per heavy atom. The van der Waals surface area contributed by atoms with Crippen molar-refractivity contribution in [1.29, 1.82) is 0 Å². The lowest BCUT2D eigenvalue weighted by molar-refractivity contribution is -0.118. The van der Waals surface area contributed by atoms with Crippen molar-refractivity contribution in [3.63, 3.8) is 0 Å². The smallest absolute Gasteiger partial charge is 0.262 e. The maximum atomic E-state index is 12.7. The molecule has 1 unspecified atom stereocenters. The standard InChI is InChI=1S/C18H17ClN2O3/c1-11(12-3-6-14(19)7-4-12)21(2)18(23)13-5-8-15-16(9-13)24-10-17(22)20-15/h3-9,11H,10H2,1-2H3,(H,20,22). The Morgan fingerprint density at radius 2 is 1.96 bits per heavy atom. The molecule has 0 aliphatic carbocycles. The van der Waals surface area contributed by atoms with Crippen LogP contribution in [0.15, 0.2) is 42.5 Å². The summed E-state index contributed by atoms with van der Waals surface area (Å²) in [7, 11) is 1.75. The van der Waals surface area contributed by atoms with Crippen LogP contribution < -0.4 is 10.1 Å². The maximum Gasteiger partial charge on any atom is 0.262 e. The van der Waals surface area contributed by atoms with Gasteiger partial charge < -0.3 is 15.0 Å². The van der Waals surface area contributed by atoms with E-state index in [9.17, 15) is 9.59 Å². The predicted octanol–water partition coefficient (Wildman–Crippen LogP) is 3.50. The van der Waals surface area contributed by atoms with Gasteiger partial charge in [-0.1, -0.05) is 23.7 Å². The molecule has 0 saturated heterocycles. The molecule has 1 N–H and O–H groups in total. The number of ether oxygens (including phenoxy) is 1. The number of benzene rings is 2. The number of nitrogens with one attached hydrogen (secondary N) is 1. The second-order valence-electron chi connectivity index (χ2n) is 5.69. The average Bonchev–Trinajstić information content (AvgIpc) is 2.60. The van der Waals surface area contributed by atoms with E-state index in [-0.39, 0.29) is 24.5 Å². The topological polar surface area (TPSA) is 58.6 Å². The summed E-state index contributed by atoms with van der Waals surface area (Å²) in [6, 6.07) is 12.3. The number of rotatable bonds is 3. The van der Waals surface area contributed by atoms with Crippen molar-refractivity contribution in [2.24, 2.45) is 0 Å². The second kappa shape index (κ2) is 6.53. The summed E-state index contributed by atoms with van der Waals surface area (Å²) in [5.74, 6) is 0.184. The van der Waals surface area contributed by atoms with Gasteiger partial charge in [0, 0.05) is 17.6 Å². The minimum Gasteiger partial charge on any atom is -0.482 e. The van der Waals surface area contributed by atoms with Crippen molar-refractivity contribution in [2.45, 2.75) is 13.0 Å². The Bertz CT molecular complexity index is 789. The van der Waals surface area contributed by atoms with Crippen LogP contribution in [0, 0.1) is 0 Å². The monoisotopic (exact) mass is 344 g/mol. The normalized spacial score (nSPS) is 14.2. The SMILES string of the molecule is CC(c1ccc(Cl)cc1)N(C)C(=O)c1ccc2c(c1)OCC(=O)N2. The number of anilines is 1. The van der Waals surface area contributed by atoms with Crippen molar-refractivity contribution < 1.29 is 14.3 Å². The van der Waals surface area contributed by atoms with E-state index >= 15 is 0 Å². The van der Waals surface area contributed by atoms with Crippen molar-refractivity contribution in [3.05, 3.63) is 58.6 Å². The zero-order valence-electron chi connectivity index (χ0n) is 13.4. The van der Waals surface area contributed by atoms with Gasteiger partial charge in [-0.3, -0.25) is 9.59 Å². The fourth-order valence-corrected chi connectivity index (χ4v) is 2.68. The summed E-state index contributed by atoms with van der Waals surface area (Å²) < 4.78 is 5.37. The Balaban J connectivity index is 1.80. The van der Waals surface area contributed by atoms with Gasteiger partial charge in [-0.2, -0.15) is 0 Å². The molecule has 1 aliphatic rings. The van der Waals surface area contributed by atoms with E-state index in [1.165, 1.54) is 0 Å². The number of carbonyl (C=O) groups is 2. The highest BCUT2D eigenvalue weighted by molar-refractivity contribution is 6.30. The third-order valence-corrected chi connectivity index (χ3v) is 4.37. The van der Waals surface area contributed by atoms with Crippen LogP contribution in [0.1, 0.15) is 28.9 Å². The molecule has 124 valence electrons. The Kier molecular flexibility index (Phi) is 4.44. The first-order valence-electron chi connectivity index (χ1n) is 7.55. The zero-order chi connectivity index (χ0) is 17.3. The number of amides is 2. The summed E-state index contributed by atoms with van der Waals surface area (Å²) in [6.07, 6.45) is 0. The molecule has 2 amide bonds. The molecule has 0 aromatic heterocycles. The first kappa shape index (κ1) is 16.3. The number of fused-ring (bicyclic) bond motifs is 1. The summed E-state index contributed by atoms with van der Waals surface area (Å²) in [5, 5.41) is 3.37. The van der Waals surface area contributed by atoms with Crippen LogP contribution in [0.4, 0.5) is 5.69 Å². The van der Waals surface area contributed by atoms with Gasteiger partial charge in [-0.15, -0.1) is 0 Å². The lowest BCUT2D eigenvalue weighted by Crippen LogP contribution is -2.30. The third-order valence-electron chi connectivity index (χ3n) is 4.12. The minimum atomic E-state index is -0.199. The van der Waals surface area contributed by atoms with Crippen molar-refractivity contribution in [2.75, 3.05) is 19.0 Å². The van der Waals surface area contributed by atoms with Crippen LogP contribution in [0.3, 0.4) is 0 Å². The molecule has 1 heterocycles. The largest absolute Gasteiger partial charge is 0.482 e. The van der Waals surface area contributed by atoms with Crippen molar-refractivity contribution in [3.8, 4) is 5.75 Å². The van der Waals surface area contributed by atoms with Crippen LogP contribution in [-0.2, 0) is 4.79 Å². The first-order chi connectivity index (χ1) is 11.5. The van der Waals surface area contributed by atoms with Gasteiger partial charge >= 0.3 is 0 Å². The molecular weight excluding hydrogens is 328 g/mol. The van der Waals surface area contributed by atoms with Gasteiger partial charge in [0.15, 0.2) is 6.61 Å². The van der Waals surface area contributed by atoms with Gasteiger partial charge in [0.2, 0.25) is 0 Å². The van der Waals surface area contributed by atoms with Crippen LogP contribution in [0.5, 0.6) is 5.75 Å². The van der Waals surface area contributed by atoms with Crippen molar-refractivity contribution >= 4 is 29.1 Å². The minimum absolute atomic E-state index is 0.0400. The Labute approximate surface area is 145 Å². The molecule has 0 saturated carbocycles. The van der Waals surface area contributed by atoms with E-state index in [4.69, 9.17) is 16.3 Å². The van der Waals surface area contributed by atoms with Gasteiger partial charge in [0.05, 0.1) is 11.7 Å². The molecule has 0 bridgehead atoms. The van der Waals surface area contributed by atoms with Crippen molar-refractivity contribution in [1.82, 2.24) is 4.90 Å². The fourth-order valence-electron chi connectivity index (χ4n) is 2.55. The summed E-state index contributed by atoms with van der Waals surface area (Å²) in [4.78, 5) is 25.7. The molecule has 24 heavy (non-hydrogen) atoms. The zero-order valence-corrected chi connectivity index (χ0v) is 14.1.